The summed E-state index contributed by atoms with van der Waals surface area (Å²) in [6, 6.07) is 7.04. The van der Waals surface area contributed by atoms with E-state index in [9.17, 15) is 5.11 Å². The second kappa shape index (κ2) is 5.75. The summed E-state index contributed by atoms with van der Waals surface area (Å²) in [6.07, 6.45) is 0. The molecular formula is C13H12BrClN2O2. The zero-order chi connectivity index (χ0) is 14.0. The molecule has 1 heterocycles. The molecule has 0 saturated heterocycles. The van der Waals surface area contributed by atoms with Gasteiger partial charge in [-0.05, 0) is 33.5 Å². The van der Waals surface area contributed by atoms with Gasteiger partial charge in [-0.2, -0.15) is 0 Å². The number of aromatic nitrogens is 2. The highest BCUT2D eigenvalue weighted by Gasteiger charge is 2.15. The maximum absolute atomic E-state index is 9.75. The number of para-hydroxylation sites is 1. The third kappa shape index (κ3) is 3.16. The van der Waals surface area contributed by atoms with Gasteiger partial charge in [-0.25, -0.2) is 0 Å². The fourth-order valence-corrected chi connectivity index (χ4v) is 2.21. The molecule has 100 valence electrons. The van der Waals surface area contributed by atoms with Crippen LogP contribution in [0.2, 0.25) is 5.15 Å². The molecule has 2 aromatic rings. The van der Waals surface area contributed by atoms with Crippen LogP contribution in [0.1, 0.15) is 25.3 Å². The van der Waals surface area contributed by atoms with Crippen LogP contribution in [-0.4, -0.2) is 15.3 Å². The molecule has 0 amide bonds. The van der Waals surface area contributed by atoms with Crippen molar-refractivity contribution in [3.05, 3.63) is 39.5 Å². The van der Waals surface area contributed by atoms with Crippen molar-refractivity contribution < 1.29 is 9.84 Å². The molecule has 6 heteroatoms. The Bertz CT molecular complexity index is 605. The maximum atomic E-state index is 9.75. The van der Waals surface area contributed by atoms with E-state index in [1.165, 1.54) is 6.07 Å². The first-order valence-corrected chi connectivity index (χ1v) is 6.84. The van der Waals surface area contributed by atoms with Crippen LogP contribution in [0.4, 0.5) is 0 Å². The van der Waals surface area contributed by atoms with Crippen LogP contribution in [0.5, 0.6) is 17.4 Å². The zero-order valence-corrected chi connectivity index (χ0v) is 12.7. The minimum absolute atomic E-state index is 0.0261. The quantitative estimate of drug-likeness (QED) is 0.890. The highest BCUT2D eigenvalue weighted by molar-refractivity contribution is 9.10. The lowest BCUT2D eigenvalue weighted by Crippen LogP contribution is -1.97. The lowest BCUT2D eigenvalue weighted by atomic mass is 10.0. The van der Waals surface area contributed by atoms with Crippen LogP contribution in [0.3, 0.4) is 0 Å². The van der Waals surface area contributed by atoms with Crippen molar-refractivity contribution in [2.75, 3.05) is 0 Å². The van der Waals surface area contributed by atoms with Gasteiger partial charge in [-0.1, -0.05) is 37.6 Å². The van der Waals surface area contributed by atoms with E-state index in [0.717, 1.165) is 10.0 Å². The number of hydrogen-bond acceptors (Lipinski definition) is 4. The molecule has 0 fully saturated rings. The molecule has 0 aliphatic carbocycles. The molecule has 1 aromatic carbocycles. The fourth-order valence-electron chi connectivity index (χ4n) is 1.61. The van der Waals surface area contributed by atoms with Crippen LogP contribution in [0.15, 0.2) is 28.7 Å². The van der Waals surface area contributed by atoms with E-state index >= 15 is 0 Å². The Kier molecular flexibility index (Phi) is 4.27. The van der Waals surface area contributed by atoms with Gasteiger partial charge in [0.15, 0.2) is 10.9 Å². The van der Waals surface area contributed by atoms with Crippen LogP contribution >= 0.6 is 27.5 Å². The number of aromatic hydroxyl groups is 1. The lowest BCUT2D eigenvalue weighted by molar-refractivity contribution is 0.387. The molecule has 0 saturated carbocycles. The van der Waals surface area contributed by atoms with E-state index in [2.05, 4.69) is 40.0 Å². The summed E-state index contributed by atoms with van der Waals surface area (Å²) >= 11 is 9.07. The molecule has 1 N–H and O–H groups in total. The minimum Gasteiger partial charge on any atom is -0.503 e. The summed E-state index contributed by atoms with van der Waals surface area (Å²) in [6.45, 7) is 4.12. The fraction of sp³-hybridized carbons (Fsp3) is 0.231. The van der Waals surface area contributed by atoms with Gasteiger partial charge in [0, 0.05) is 6.07 Å². The predicted molar refractivity (Wildman–Crippen MR) is 77.0 cm³/mol. The van der Waals surface area contributed by atoms with E-state index in [-0.39, 0.29) is 22.7 Å². The molecule has 0 radical (unpaired) electrons. The first kappa shape index (κ1) is 14.1. The Labute approximate surface area is 124 Å². The van der Waals surface area contributed by atoms with Crippen LogP contribution in [-0.2, 0) is 0 Å². The van der Waals surface area contributed by atoms with Crippen LogP contribution in [0, 0.1) is 0 Å². The van der Waals surface area contributed by atoms with Crippen molar-refractivity contribution >= 4 is 27.5 Å². The molecule has 0 spiro atoms. The van der Waals surface area contributed by atoms with Crippen LogP contribution in [0.25, 0.3) is 0 Å². The Morgan fingerprint density at radius 2 is 2.05 bits per heavy atom. The lowest BCUT2D eigenvalue weighted by Gasteiger charge is -2.14. The molecular weight excluding hydrogens is 332 g/mol. The monoisotopic (exact) mass is 342 g/mol. The molecule has 0 bridgehead atoms. The topological polar surface area (TPSA) is 55.2 Å². The van der Waals surface area contributed by atoms with Crippen molar-refractivity contribution in [2.45, 2.75) is 19.8 Å². The molecule has 4 nitrogen and oxygen atoms in total. The minimum atomic E-state index is -0.148. The Morgan fingerprint density at radius 3 is 2.68 bits per heavy atom. The van der Waals surface area contributed by atoms with Gasteiger partial charge in [0.25, 0.3) is 5.88 Å². The number of halogens is 2. The Hall–Kier alpha value is -1.33. The number of benzene rings is 1. The first-order valence-electron chi connectivity index (χ1n) is 5.67. The number of hydrogen-bond donors (Lipinski definition) is 1. The highest BCUT2D eigenvalue weighted by Crippen LogP contribution is 2.38. The van der Waals surface area contributed by atoms with E-state index in [4.69, 9.17) is 16.3 Å². The van der Waals surface area contributed by atoms with E-state index in [1.54, 1.807) is 0 Å². The van der Waals surface area contributed by atoms with Crippen molar-refractivity contribution in [1.82, 2.24) is 10.2 Å². The largest absolute Gasteiger partial charge is 0.503 e. The predicted octanol–water partition coefficient (Wildman–Crippen LogP) is 4.51. The van der Waals surface area contributed by atoms with Crippen molar-refractivity contribution in [3.8, 4) is 17.4 Å². The zero-order valence-electron chi connectivity index (χ0n) is 10.4. The number of rotatable bonds is 3. The van der Waals surface area contributed by atoms with Gasteiger partial charge in [0.05, 0.1) is 4.47 Å². The highest BCUT2D eigenvalue weighted by atomic mass is 79.9. The average Bonchev–Trinajstić information content (AvgIpc) is 2.34. The van der Waals surface area contributed by atoms with Crippen molar-refractivity contribution in [2.24, 2.45) is 0 Å². The van der Waals surface area contributed by atoms with E-state index in [0.29, 0.717) is 5.75 Å². The van der Waals surface area contributed by atoms with Gasteiger partial charge in [0.2, 0.25) is 0 Å². The normalized spacial score (nSPS) is 10.8. The van der Waals surface area contributed by atoms with Gasteiger partial charge < -0.3 is 9.84 Å². The number of ether oxygens (including phenoxy) is 1. The summed E-state index contributed by atoms with van der Waals surface area (Å²) in [5, 5.41) is 17.3. The standard InChI is InChI=1S/C13H12BrClN2O2/c1-7(2)8-4-3-5-9(14)12(8)19-13-10(18)6-11(15)16-17-13/h3-7H,1-2H3,(H,16,18). The third-order valence-electron chi connectivity index (χ3n) is 2.53. The molecule has 0 atom stereocenters. The van der Waals surface area contributed by atoms with Crippen molar-refractivity contribution in [1.29, 1.82) is 0 Å². The molecule has 1 aromatic heterocycles. The Morgan fingerprint density at radius 1 is 1.32 bits per heavy atom. The smallest absolute Gasteiger partial charge is 0.281 e. The summed E-state index contributed by atoms with van der Waals surface area (Å²) in [4.78, 5) is 0. The van der Waals surface area contributed by atoms with Gasteiger partial charge in [-0.15, -0.1) is 10.2 Å². The number of nitrogens with zero attached hydrogens (tertiary/aromatic N) is 2. The second-order valence-corrected chi connectivity index (χ2v) is 5.51. The summed E-state index contributed by atoms with van der Waals surface area (Å²) in [7, 11) is 0. The second-order valence-electron chi connectivity index (χ2n) is 4.27. The van der Waals surface area contributed by atoms with Gasteiger partial charge in [-0.3, -0.25) is 0 Å². The first-order chi connectivity index (χ1) is 8.99. The van der Waals surface area contributed by atoms with Crippen molar-refractivity contribution in [3.63, 3.8) is 0 Å². The summed E-state index contributed by atoms with van der Waals surface area (Å²) in [5.41, 5.74) is 1.01. The maximum Gasteiger partial charge on any atom is 0.281 e. The SMILES string of the molecule is CC(C)c1cccc(Br)c1Oc1nnc(Cl)cc1O. The van der Waals surface area contributed by atoms with Crippen LogP contribution < -0.4 is 4.74 Å². The molecule has 0 aliphatic heterocycles. The summed E-state index contributed by atoms with van der Waals surface area (Å²) < 4.78 is 6.45. The molecule has 19 heavy (non-hydrogen) atoms. The Balaban J connectivity index is 2.43. The van der Waals surface area contributed by atoms with Gasteiger partial charge >= 0.3 is 0 Å². The molecule has 2 rings (SSSR count). The summed E-state index contributed by atoms with van der Waals surface area (Å²) in [5.74, 6) is 0.767. The van der Waals surface area contributed by atoms with E-state index in [1.807, 2.05) is 18.2 Å². The molecule has 0 unspecified atom stereocenters. The molecule has 0 aliphatic rings. The third-order valence-corrected chi connectivity index (χ3v) is 3.34. The average molecular weight is 344 g/mol. The van der Waals surface area contributed by atoms with Gasteiger partial charge in [0.1, 0.15) is 5.75 Å². The van der Waals surface area contributed by atoms with E-state index < -0.39 is 0 Å².